The van der Waals surface area contributed by atoms with Gasteiger partial charge in [-0.25, -0.2) is 0 Å². The molecular formula is C9H12. The Labute approximate surface area is 56.0 Å². The summed E-state index contributed by atoms with van der Waals surface area (Å²) in [5, 5.41) is 0. The summed E-state index contributed by atoms with van der Waals surface area (Å²) in [6.07, 6.45) is 9.36. The summed E-state index contributed by atoms with van der Waals surface area (Å²) in [4.78, 5) is 0. The SMILES string of the molecule is C1=CC2C(C1)C1CCC21. The van der Waals surface area contributed by atoms with E-state index < -0.39 is 0 Å². The van der Waals surface area contributed by atoms with E-state index in [1.807, 2.05) is 0 Å². The highest BCUT2D eigenvalue weighted by molar-refractivity contribution is 5.16. The maximum absolute atomic E-state index is 2.46. The molecular weight excluding hydrogens is 108 g/mol. The van der Waals surface area contributed by atoms with E-state index in [0.29, 0.717) is 0 Å². The van der Waals surface area contributed by atoms with E-state index in [2.05, 4.69) is 12.2 Å². The minimum absolute atomic E-state index is 1.05. The number of hydrogen-bond donors (Lipinski definition) is 0. The average molecular weight is 120 g/mol. The number of hydrogen-bond acceptors (Lipinski definition) is 0. The minimum atomic E-state index is 1.05. The molecule has 2 fully saturated rings. The Morgan fingerprint density at radius 2 is 1.89 bits per heavy atom. The second kappa shape index (κ2) is 1.25. The topological polar surface area (TPSA) is 0 Å². The first kappa shape index (κ1) is 4.54. The molecule has 0 amide bonds. The predicted octanol–water partition coefficient (Wildman–Crippen LogP) is 2.22. The molecule has 0 aromatic heterocycles. The zero-order chi connectivity index (χ0) is 5.84. The number of rotatable bonds is 0. The van der Waals surface area contributed by atoms with E-state index in [0.717, 1.165) is 17.8 Å². The van der Waals surface area contributed by atoms with E-state index in [-0.39, 0.29) is 0 Å². The largest absolute Gasteiger partial charge is 0.0879 e. The second-order valence-electron chi connectivity index (χ2n) is 3.81. The fourth-order valence-electron chi connectivity index (χ4n) is 3.03. The summed E-state index contributed by atoms with van der Waals surface area (Å²) < 4.78 is 0. The summed E-state index contributed by atoms with van der Waals surface area (Å²) in [5.41, 5.74) is 0. The van der Waals surface area contributed by atoms with Crippen molar-refractivity contribution >= 4 is 0 Å². The van der Waals surface area contributed by atoms with Gasteiger partial charge in [0.1, 0.15) is 0 Å². The lowest BCUT2D eigenvalue weighted by Crippen LogP contribution is -2.50. The fraction of sp³-hybridized carbons (Fsp3) is 0.778. The first-order chi connectivity index (χ1) is 4.47. The van der Waals surface area contributed by atoms with Crippen LogP contribution >= 0.6 is 0 Å². The molecule has 0 radical (unpaired) electrons. The monoisotopic (exact) mass is 120 g/mol. The van der Waals surface area contributed by atoms with Crippen LogP contribution in [0.2, 0.25) is 0 Å². The van der Waals surface area contributed by atoms with Gasteiger partial charge in [-0.3, -0.25) is 0 Å². The maximum Gasteiger partial charge on any atom is -0.0168 e. The molecule has 0 bridgehead atoms. The highest BCUT2D eigenvalue weighted by Crippen LogP contribution is 2.62. The van der Waals surface area contributed by atoms with E-state index in [1.165, 1.54) is 18.8 Å². The molecule has 0 saturated heterocycles. The molecule has 0 aromatic rings. The molecule has 0 spiro atoms. The molecule has 0 heterocycles. The Bertz CT molecular complexity index is 169. The molecule has 3 aliphatic carbocycles. The minimum Gasteiger partial charge on any atom is -0.0879 e. The van der Waals surface area contributed by atoms with Gasteiger partial charge in [0.15, 0.2) is 0 Å². The van der Waals surface area contributed by atoms with Gasteiger partial charge in [-0.05, 0) is 42.9 Å². The molecule has 48 valence electrons. The summed E-state index contributed by atoms with van der Waals surface area (Å²) in [7, 11) is 0. The van der Waals surface area contributed by atoms with Crippen LogP contribution in [0, 0.1) is 23.7 Å². The Balaban J connectivity index is 1.90. The zero-order valence-corrected chi connectivity index (χ0v) is 5.59. The van der Waals surface area contributed by atoms with Crippen molar-refractivity contribution in [3.8, 4) is 0 Å². The van der Waals surface area contributed by atoms with E-state index in [1.54, 1.807) is 6.42 Å². The number of allylic oxidation sites excluding steroid dienone is 2. The van der Waals surface area contributed by atoms with Gasteiger partial charge in [-0.15, -0.1) is 0 Å². The fourth-order valence-corrected chi connectivity index (χ4v) is 3.03. The van der Waals surface area contributed by atoms with Crippen LogP contribution in [-0.4, -0.2) is 0 Å². The Hall–Kier alpha value is -0.260. The van der Waals surface area contributed by atoms with Gasteiger partial charge in [0, 0.05) is 0 Å². The van der Waals surface area contributed by atoms with Gasteiger partial charge in [-0.2, -0.15) is 0 Å². The first-order valence-electron chi connectivity index (χ1n) is 4.13. The predicted molar refractivity (Wildman–Crippen MR) is 37.0 cm³/mol. The highest BCUT2D eigenvalue weighted by atomic mass is 14.6. The van der Waals surface area contributed by atoms with Gasteiger partial charge in [0.2, 0.25) is 0 Å². The van der Waals surface area contributed by atoms with Crippen LogP contribution in [0.5, 0.6) is 0 Å². The highest BCUT2D eigenvalue weighted by Gasteiger charge is 2.54. The molecule has 0 N–H and O–H groups in total. The third kappa shape index (κ3) is 0.357. The van der Waals surface area contributed by atoms with Crippen molar-refractivity contribution in [3.63, 3.8) is 0 Å². The summed E-state index contributed by atoms with van der Waals surface area (Å²) in [6, 6.07) is 0. The first-order valence-corrected chi connectivity index (χ1v) is 4.13. The summed E-state index contributed by atoms with van der Waals surface area (Å²) >= 11 is 0. The van der Waals surface area contributed by atoms with Gasteiger partial charge in [0.25, 0.3) is 0 Å². The molecule has 0 nitrogen and oxygen atoms in total. The van der Waals surface area contributed by atoms with Crippen LogP contribution in [0.3, 0.4) is 0 Å². The van der Waals surface area contributed by atoms with E-state index in [4.69, 9.17) is 0 Å². The van der Waals surface area contributed by atoms with Gasteiger partial charge < -0.3 is 0 Å². The van der Waals surface area contributed by atoms with Crippen LogP contribution in [0.15, 0.2) is 12.2 Å². The molecule has 4 atom stereocenters. The van der Waals surface area contributed by atoms with Gasteiger partial charge in [-0.1, -0.05) is 12.2 Å². The number of fused-ring (bicyclic) bond motifs is 4. The lowest BCUT2D eigenvalue weighted by Gasteiger charge is -2.57. The molecule has 0 heteroatoms. The lowest BCUT2D eigenvalue weighted by molar-refractivity contribution is -0.0657. The molecule has 4 unspecified atom stereocenters. The van der Waals surface area contributed by atoms with Crippen molar-refractivity contribution in [2.24, 2.45) is 23.7 Å². The van der Waals surface area contributed by atoms with Crippen LogP contribution in [-0.2, 0) is 0 Å². The normalized spacial score (nSPS) is 59.6. The Morgan fingerprint density at radius 3 is 2.56 bits per heavy atom. The third-order valence-electron chi connectivity index (χ3n) is 3.69. The Morgan fingerprint density at radius 1 is 1.00 bits per heavy atom. The molecule has 9 heavy (non-hydrogen) atoms. The van der Waals surface area contributed by atoms with Crippen molar-refractivity contribution < 1.29 is 0 Å². The van der Waals surface area contributed by atoms with Crippen LogP contribution in [0.4, 0.5) is 0 Å². The summed E-state index contributed by atoms with van der Waals surface area (Å²) in [6.45, 7) is 0. The quantitative estimate of drug-likeness (QED) is 0.430. The third-order valence-corrected chi connectivity index (χ3v) is 3.69. The molecule has 3 aliphatic rings. The molecule has 3 rings (SSSR count). The van der Waals surface area contributed by atoms with Crippen LogP contribution < -0.4 is 0 Å². The van der Waals surface area contributed by atoms with Crippen molar-refractivity contribution in [2.75, 3.05) is 0 Å². The van der Waals surface area contributed by atoms with Crippen molar-refractivity contribution in [3.05, 3.63) is 12.2 Å². The lowest BCUT2D eigenvalue weighted by atomic mass is 9.48. The van der Waals surface area contributed by atoms with Crippen LogP contribution in [0.25, 0.3) is 0 Å². The van der Waals surface area contributed by atoms with Crippen LogP contribution in [0.1, 0.15) is 19.3 Å². The standard InChI is InChI=1S/C9H12/c1-2-6-7(3-1)9-5-4-8(6)9/h1-2,6-9H,3-5H2. The second-order valence-corrected chi connectivity index (χ2v) is 3.81. The molecule has 0 aliphatic heterocycles. The van der Waals surface area contributed by atoms with E-state index >= 15 is 0 Å². The zero-order valence-electron chi connectivity index (χ0n) is 5.59. The molecule has 2 saturated carbocycles. The van der Waals surface area contributed by atoms with Crippen molar-refractivity contribution in [1.82, 2.24) is 0 Å². The maximum atomic E-state index is 2.46. The van der Waals surface area contributed by atoms with Crippen molar-refractivity contribution in [2.45, 2.75) is 19.3 Å². The van der Waals surface area contributed by atoms with Gasteiger partial charge >= 0.3 is 0 Å². The summed E-state index contributed by atoms with van der Waals surface area (Å²) in [5.74, 6) is 4.48. The molecule has 0 aromatic carbocycles. The Kier molecular flexibility index (Phi) is 0.633. The average Bonchev–Trinajstić information content (AvgIpc) is 2.13. The van der Waals surface area contributed by atoms with E-state index in [9.17, 15) is 0 Å². The van der Waals surface area contributed by atoms with Gasteiger partial charge in [0.05, 0.1) is 0 Å². The smallest absolute Gasteiger partial charge is 0.0168 e. The van der Waals surface area contributed by atoms with Crippen molar-refractivity contribution in [1.29, 1.82) is 0 Å².